The smallest absolute Gasteiger partial charge is 0.331 e. The number of aliphatic carboxylic acids is 1. The number of carbonyl (C=O) groups is 1. The maximum Gasteiger partial charge on any atom is 0.331 e. The zero-order chi connectivity index (χ0) is 18.3. The van der Waals surface area contributed by atoms with Crippen LogP contribution in [0.1, 0.15) is 6.92 Å². The minimum atomic E-state index is -1.40. The molecule has 0 spiro atoms. The van der Waals surface area contributed by atoms with Crippen molar-refractivity contribution in [2.75, 3.05) is 24.7 Å². The van der Waals surface area contributed by atoms with Crippen LogP contribution < -0.4 is 4.90 Å². The number of nitrogens with one attached hydrogen (secondary N) is 1. The Labute approximate surface area is 148 Å². The number of hydrogen-bond acceptors (Lipinski definition) is 5. The fourth-order valence-electron chi connectivity index (χ4n) is 3.23. The van der Waals surface area contributed by atoms with E-state index in [9.17, 15) is 14.3 Å². The first-order chi connectivity index (χ1) is 12.5. The quantitative estimate of drug-likeness (QED) is 0.749. The molecule has 1 aromatic carbocycles. The molecule has 1 aliphatic rings. The molecule has 3 aromatic rings. The number of morpholine rings is 1. The molecule has 1 atom stereocenters. The molecule has 3 heterocycles. The van der Waals surface area contributed by atoms with Crippen LogP contribution in [0.4, 0.5) is 10.2 Å². The average molecular weight is 356 g/mol. The van der Waals surface area contributed by atoms with Gasteiger partial charge in [0, 0.05) is 29.2 Å². The van der Waals surface area contributed by atoms with E-state index < -0.39 is 17.3 Å². The molecular weight excluding hydrogens is 339 g/mol. The van der Waals surface area contributed by atoms with Gasteiger partial charge < -0.3 is 19.7 Å². The van der Waals surface area contributed by atoms with Gasteiger partial charge in [-0.3, -0.25) is 0 Å². The molecule has 0 saturated carbocycles. The Hall–Kier alpha value is -3.00. The number of fused-ring (bicyclic) bond motifs is 1. The van der Waals surface area contributed by atoms with Crippen LogP contribution in [0.5, 0.6) is 0 Å². The van der Waals surface area contributed by atoms with Crippen molar-refractivity contribution in [3.63, 3.8) is 0 Å². The van der Waals surface area contributed by atoms with Gasteiger partial charge in [-0.15, -0.1) is 0 Å². The molecule has 0 bridgehead atoms. The van der Waals surface area contributed by atoms with E-state index in [1.807, 2.05) is 30.5 Å². The highest BCUT2D eigenvalue weighted by molar-refractivity contribution is 5.93. The van der Waals surface area contributed by atoms with Crippen molar-refractivity contribution in [3.05, 3.63) is 42.5 Å². The van der Waals surface area contributed by atoms with E-state index >= 15 is 0 Å². The summed E-state index contributed by atoms with van der Waals surface area (Å²) in [5, 5.41) is 10.5. The van der Waals surface area contributed by atoms with Crippen LogP contribution in [0.15, 0.2) is 36.7 Å². The van der Waals surface area contributed by atoms with Crippen LogP contribution in [-0.2, 0) is 9.53 Å². The molecule has 8 heteroatoms. The fraction of sp³-hybridized carbons (Fsp3) is 0.278. The summed E-state index contributed by atoms with van der Waals surface area (Å²) in [6.07, 6.45) is 2.89. The third-order valence-electron chi connectivity index (χ3n) is 4.72. The molecule has 134 valence electrons. The standard InChI is InChI=1S/C18H17FN4O3/c1-18(17(24)25)10-26-8-7-23(18)16-13(19)9-21-15(22-16)12-3-2-4-14-11(12)5-6-20-14/h2-6,9,20H,7-8,10H2,1H3,(H,24,25). The number of carboxylic acid groups (broad SMARTS) is 1. The number of ether oxygens (including phenoxy) is 1. The maximum absolute atomic E-state index is 14.5. The van der Waals surface area contributed by atoms with Gasteiger partial charge in [-0.2, -0.15) is 0 Å². The summed E-state index contributed by atoms with van der Waals surface area (Å²) < 4.78 is 19.8. The third kappa shape index (κ3) is 2.50. The Morgan fingerprint density at radius 2 is 2.27 bits per heavy atom. The van der Waals surface area contributed by atoms with Crippen molar-refractivity contribution in [1.29, 1.82) is 0 Å². The second-order valence-electron chi connectivity index (χ2n) is 6.39. The van der Waals surface area contributed by atoms with Gasteiger partial charge in [-0.1, -0.05) is 12.1 Å². The fourth-order valence-corrected chi connectivity index (χ4v) is 3.23. The number of hydrogen-bond donors (Lipinski definition) is 2. The van der Waals surface area contributed by atoms with Crippen molar-refractivity contribution in [2.45, 2.75) is 12.5 Å². The number of H-pyrrole nitrogens is 1. The molecule has 1 aliphatic heterocycles. The van der Waals surface area contributed by atoms with E-state index in [1.54, 1.807) is 0 Å². The lowest BCUT2D eigenvalue weighted by molar-refractivity contribution is -0.146. The predicted octanol–water partition coefficient (Wildman–Crippen LogP) is 2.44. The lowest BCUT2D eigenvalue weighted by Crippen LogP contribution is -2.60. The minimum absolute atomic E-state index is 0.0317. The summed E-state index contributed by atoms with van der Waals surface area (Å²) in [6, 6.07) is 7.53. The zero-order valence-corrected chi connectivity index (χ0v) is 14.1. The number of benzene rings is 1. The second kappa shape index (κ2) is 6.06. The summed E-state index contributed by atoms with van der Waals surface area (Å²) in [5.74, 6) is -1.45. The Bertz CT molecular complexity index is 989. The predicted molar refractivity (Wildman–Crippen MR) is 93.5 cm³/mol. The van der Waals surface area contributed by atoms with Gasteiger partial charge in [-0.25, -0.2) is 19.2 Å². The summed E-state index contributed by atoms with van der Waals surface area (Å²) in [5.41, 5.74) is 0.263. The van der Waals surface area contributed by atoms with Crippen LogP contribution in [0.2, 0.25) is 0 Å². The number of anilines is 1. The number of halogens is 1. The highest BCUT2D eigenvalue weighted by Gasteiger charge is 2.44. The van der Waals surface area contributed by atoms with Gasteiger partial charge in [0.05, 0.1) is 19.4 Å². The molecule has 26 heavy (non-hydrogen) atoms. The maximum atomic E-state index is 14.5. The van der Waals surface area contributed by atoms with E-state index in [0.29, 0.717) is 12.4 Å². The highest BCUT2D eigenvalue weighted by Crippen LogP contribution is 2.31. The van der Waals surface area contributed by atoms with Crippen molar-refractivity contribution in [3.8, 4) is 11.4 Å². The van der Waals surface area contributed by atoms with Crippen molar-refractivity contribution in [2.24, 2.45) is 0 Å². The number of aromatic nitrogens is 3. The van der Waals surface area contributed by atoms with E-state index in [4.69, 9.17) is 4.74 Å². The Morgan fingerprint density at radius 3 is 3.08 bits per heavy atom. The van der Waals surface area contributed by atoms with Gasteiger partial charge in [0.25, 0.3) is 0 Å². The largest absolute Gasteiger partial charge is 0.479 e. The van der Waals surface area contributed by atoms with Gasteiger partial charge in [0.1, 0.15) is 0 Å². The first kappa shape index (κ1) is 16.5. The van der Waals surface area contributed by atoms with Gasteiger partial charge in [0.15, 0.2) is 23.0 Å². The molecule has 7 nitrogen and oxygen atoms in total. The average Bonchev–Trinajstić information content (AvgIpc) is 3.11. The van der Waals surface area contributed by atoms with E-state index in [-0.39, 0.29) is 19.0 Å². The van der Waals surface area contributed by atoms with E-state index in [1.165, 1.54) is 11.8 Å². The Balaban J connectivity index is 1.84. The van der Waals surface area contributed by atoms with Crippen LogP contribution >= 0.6 is 0 Å². The zero-order valence-electron chi connectivity index (χ0n) is 14.1. The van der Waals surface area contributed by atoms with Crippen molar-refractivity contribution < 1.29 is 19.0 Å². The van der Waals surface area contributed by atoms with Crippen molar-refractivity contribution in [1.82, 2.24) is 15.0 Å². The second-order valence-corrected chi connectivity index (χ2v) is 6.39. The monoisotopic (exact) mass is 356 g/mol. The van der Waals surface area contributed by atoms with Crippen LogP contribution in [-0.4, -0.2) is 51.3 Å². The molecule has 2 N–H and O–H groups in total. The Kier molecular flexibility index (Phi) is 3.84. The molecular formula is C18H17FN4O3. The molecule has 0 radical (unpaired) electrons. The van der Waals surface area contributed by atoms with Crippen LogP contribution in [0.25, 0.3) is 22.3 Å². The number of nitrogens with zero attached hydrogens (tertiary/aromatic N) is 3. The number of aromatic amines is 1. The summed E-state index contributed by atoms with van der Waals surface area (Å²) >= 11 is 0. The Morgan fingerprint density at radius 1 is 1.42 bits per heavy atom. The summed E-state index contributed by atoms with van der Waals surface area (Å²) in [4.78, 5) is 24.8. The SMILES string of the molecule is CC1(C(=O)O)COCCN1c1nc(-c2cccc3[nH]ccc23)ncc1F. The molecule has 1 fully saturated rings. The lowest BCUT2D eigenvalue weighted by Gasteiger charge is -2.42. The van der Waals surface area contributed by atoms with E-state index in [2.05, 4.69) is 15.0 Å². The molecule has 4 rings (SSSR count). The molecule has 0 amide bonds. The minimum Gasteiger partial charge on any atom is -0.479 e. The topological polar surface area (TPSA) is 91.3 Å². The first-order valence-electron chi connectivity index (χ1n) is 8.18. The highest BCUT2D eigenvalue weighted by atomic mass is 19.1. The normalized spacial score (nSPS) is 20.5. The van der Waals surface area contributed by atoms with Gasteiger partial charge in [0.2, 0.25) is 0 Å². The third-order valence-corrected chi connectivity index (χ3v) is 4.72. The molecule has 1 unspecified atom stereocenters. The summed E-state index contributed by atoms with van der Waals surface area (Å²) in [7, 11) is 0. The van der Waals surface area contributed by atoms with Crippen molar-refractivity contribution >= 4 is 22.7 Å². The molecule has 0 aliphatic carbocycles. The van der Waals surface area contributed by atoms with Crippen LogP contribution in [0, 0.1) is 5.82 Å². The van der Waals surface area contributed by atoms with Gasteiger partial charge in [-0.05, 0) is 19.1 Å². The molecule has 2 aromatic heterocycles. The van der Waals surface area contributed by atoms with Crippen LogP contribution in [0.3, 0.4) is 0 Å². The van der Waals surface area contributed by atoms with E-state index in [0.717, 1.165) is 22.7 Å². The first-order valence-corrected chi connectivity index (χ1v) is 8.18. The lowest BCUT2D eigenvalue weighted by atomic mass is 9.99. The number of carboxylic acids is 1. The number of rotatable bonds is 3. The molecule has 1 saturated heterocycles. The summed E-state index contributed by atoms with van der Waals surface area (Å²) in [6.45, 7) is 1.98. The van der Waals surface area contributed by atoms with Gasteiger partial charge >= 0.3 is 5.97 Å².